The van der Waals surface area contributed by atoms with E-state index in [-0.39, 0.29) is 10.6 Å². The molecule has 0 saturated carbocycles. The molecule has 0 spiro atoms. The minimum atomic E-state index is -1.99. The molecule has 0 aliphatic rings. The Morgan fingerprint density at radius 3 is 2.60 bits per heavy atom. The van der Waals surface area contributed by atoms with Crippen molar-refractivity contribution in [2.75, 3.05) is 5.32 Å². The number of para-hydroxylation sites is 2. The predicted molar refractivity (Wildman–Crippen MR) is 92.3 cm³/mol. The molecular formula is C16H13N3O5S. The number of fused-ring (bicyclic) bond motifs is 1. The van der Waals surface area contributed by atoms with Crippen molar-refractivity contribution in [2.45, 2.75) is 4.90 Å². The number of nitrogens with one attached hydrogen (secondary N) is 2. The number of hydrogen-bond donors (Lipinski definition) is 4. The van der Waals surface area contributed by atoms with Crippen molar-refractivity contribution < 1.29 is 18.4 Å². The van der Waals surface area contributed by atoms with Gasteiger partial charge >= 0.3 is 0 Å². The first-order valence-corrected chi connectivity index (χ1v) is 8.13. The van der Waals surface area contributed by atoms with E-state index in [0.29, 0.717) is 10.9 Å². The maximum atomic E-state index is 12.5. The van der Waals surface area contributed by atoms with Crippen molar-refractivity contribution in [1.29, 1.82) is 0 Å². The molecule has 1 amide bonds. The summed E-state index contributed by atoms with van der Waals surface area (Å²) >= 11 is -1.99. The number of carbonyl (C=O) groups excluding carboxylic acids is 1. The van der Waals surface area contributed by atoms with Crippen LogP contribution in [0.25, 0.3) is 10.9 Å². The zero-order valence-corrected chi connectivity index (χ0v) is 13.5. The Morgan fingerprint density at radius 1 is 1.16 bits per heavy atom. The molecular weight excluding hydrogens is 346 g/mol. The van der Waals surface area contributed by atoms with Gasteiger partial charge in [-0.25, -0.2) is 4.21 Å². The standard InChI is InChI=1S/C16H13N3O5S/c17-24-25(23)12-8-4-3-7-11(12)19-16(22)13-14(20)9-5-1-2-6-10(9)18-15(13)21/h1-8H,17H2,(H,19,22)(H2,18,20,21). The van der Waals surface area contributed by atoms with Gasteiger partial charge in [-0.15, -0.1) is 0 Å². The van der Waals surface area contributed by atoms with E-state index in [4.69, 9.17) is 5.90 Å². The normalized spacial score (nSPS) is 12.0. The number of hydrogen-bond acceptors (Lipinski definition) is 6. The molecule has 1 aromatic heterocycles. The monoisotopic (exact) mass is 359 g/mol. The van der Waals surface area contributed by atoms with Crippen molar-refractivity contribution in [1.82, 2.24) is 4.98 Å². The summed E-state index contributed by atoms with van der Waals surface area (Å²) in [5.41, 5.74) is -0.654. The maximum Gasteiger partial charge on any atom is 0.265 e. The molecule has 0 aliphatic heterocycles. The smallest absolute Gasteiger partial charge is 0.265 e. The van der Waals surface area contributed by atoms with Crippen LogP contribution in [0.2, 0.25) is 0 Å². The number of benzene rings is 2. The van der Waals surface area contributed by atoms with Crippen molar-refractivity contribution in [3.63, 3.8) is 0 Å². The van der Waals surface area contributed by atoms with Gasteiger partial charge in [-0.2, -0.15) is 10.2 Å². The minimum Gasteiger partial charge on any atom is -0.506 e. The molecule has 0 bridgehead atoms. The summed E-state index contributed by atoms with van der Waals surface area (Å²) in [6.07, 6.45) is 0. The lowest BCUT2D eigenvalue weighted by Gasteiger charge is -2.11. The summed E-state index contributed by atoms with van der Waals surface area (Å²) in [6.45, 7) is 0. The van der Waals surface area contributed by atoms with Gasteiger partial charge in [0.25, 0.3) is 11.5 Å². The van der Waals surface area contributed by atoms with Gasteiger partial charge in [0.1, 0.15) is 11.3 Å². The van der Waals surface area contributed by atoms with Gasteiger partial charge < -0.3 is 15.4 Å². The second-order valence-electron chi connectivity index (χ2n) is 5.00. The fourth-order valence-electron chi connectivity index (χ4n) is 2.39. The summed E-state index contributed by atoms with van der Waals surface area (Å²) in [6, 6.07) is 12.6. The number of aromatic hydroxyl groups is 1. The van der Waals surface area contributed by atoms with Gasteiger partial charge in [-0.3, -0.25) is 9.59 Å². The Labute approximate surface area is 143 Å². The maximum absolute atomic E-state index is 12.5. The number of anilines is 1. The topological polar surface area (TPSA) is 135 Å². The van der Waals surface area contributed by atoms with E-state index in [1.54, 1.807) is 36.4 Å². The van der Waals surface area contributed by atoms with E-state index in [0.717, 1.165) is 0 Å². The summed E-state index contributed by atoms with van der Waals surface area (Å²) < 4.78 is 16.0. The van der Waals surface area contributed by atoms with Crippen molar-refractivity contribution in [3.05, 3.63) is 64.4 Å². The summed E-state index contributed by atoms with van der Waals surface area (Å²) in [5.74, 6) is 3.62. The minimum absolute atomic E-state index is 0.120. The molecule has 2 aromatic carbocycles. The van der Waals surface area contributed by atoms with E-state index in [2.05, 4.69) is 14.6 Å². The molecule has 5 N–H and O–H groups in total. The SMILES string of the molecule is NOS(=O)c1ccccc1NC(=O)c1c(O)c2ccccc2[nH]c1=O. The van der Waals surface area contributed by atoms with Crippen LogP contribution in [-0.4, -0.2) is 20.2 Å². The molecule has 9 heteroatoms. The van der Waals surface area contributed by atoms with Crippen LogP contribution in [0.5, 0.6) is 5.75 Å². The van der Waals surface area contributed by atoms with Gasteiger partial charge in [0.2, 0.25) is 11.1 Å². The average molecular weight is 359 g/mol. The van der Waals surface area contributed by atoms with E-state index in [1.165, 1.54) is 12.1 Å². The molecule has 128 valence electrons. The number of amides is 1. The van der Waals surface area contributed by atoms with E-state index in [1.807, 2.05) is 0 Å². The van der Waals surface area contributed by atoms with Gasteiger partial charge in [0, 0.05) is 5.39 Å². The van der Waals surface area contributed by atoms with Crippen LogP contribution in [0.4, 0.5) is 5.69 Å². The number of aromatic nitrogens is 1. The van der Waals surface area contributed by atoms with Gasteiger partial charge in [0.15, 0.2) is 0 Å². The van der Waals surface area contributed by atoms with Crippen LogP contribution in [0, 0.1) is 0 Å². The van der Waals surface area contributed by atoms with Crippen molar-refractivity contribution in [2.24, 2.45) is 5.90 Å². The fourth-order valence-corrected chi connectivity index (χ4v) is 2.98. The third-order valence-electron chi connectivity index (χ3n) is 3.52. The zero-order valence-electron chi connectivity index (χ0n) is 12.7. The number of H-pyrrole nitrogens is 1. The molecule has 3 rings (SSSR count). The lowest BCUT2D eigenvalue weighted by molar-refractivity contribution is 0.102. The summed E-state index contributed by atoms with van der Waals surface area (Å²) in [7, 11) is 0. The lowest BCUT2D eigenvalue weighted by Crippen LogP contribution is -2.24. The fraction of sp³-hybridized carbons (Fsp3) is 0. The molecule has 0 fully saturated rings. The lowest BCUT2D eigenvalue weighted by atomic mass is 10.1. The highest BCUT2D eigenvalue weighted by Gasteiger charge is 2.21. The van der Waals surface area contributed by atoms with Crippen molar-refractivity contribution in [3.8, 4) is 5.75 Å². The Bertz CT molecular complexity index is 1050. The molecule has 3 aromatic rings. The first-order valence-electron chi connectivity index (χ1n) is 7.06. The highest BCUT2D eigenvalue weighted by atomic mass is 32.2. The Balaban J connectivity index is 2.05. The van der Waals surface area contributed by atoms with Crippen LogP contribution in [0.1, 0.15) is 10.4 Å². The third kappa shape index (κ3) is 3.15. The molecule has 1 unspecified atom stereocenters. The largest absolute Gasteiger partial charge is 0.506 e. The first-order chi connectivity index (χ1) is 12.0. The molecule has 1 atom stereocenters. The number of aromatic amines is 1. The highest BCUT2D eigenvalue weighted by Crippen LogP contribution is 2.26. The van der Waals surface area contributed by atoms with Crippen LogP contribution < -0.4 is 16.8 Å². The summed E-state index contributed by atoms with van der Waals surface area (Å²) in [5, 5.41) is 13.1. The van der Waals surface area contributed by atoms with E-state index in [9.17, 15) is 18.9 Å². The highest BCUT2D eigenvalue weighted by molar-refractivity contribution is 7.80. The first kappa shape index (κ1) is 16.8. The molecule has 0 saturated heterocycles. The molecule has 8 nitrogen and oxygen atoms in total. The van der Waals surface area contributed by atoms with Gasteiger partial charge in [0.05, 0.1) is 16.1 Å². The van der Waals surface area contributed by atoms with Gasteiger partial charge in [-0.1, -0.05) is 24.3 Å². The number of rotatable bonds is 4. The van der Waals surface area contributed by atoms with Crippen LogP contribution >= 0.6 is 0 Å². The van der Waals surface area contributed by atoms with E-state index < -0.39 is 33.9 Å². The number of pyridine rings is 1. The quantitative estimate of drug-likeness (QED) is 0.520. The van der Waals surface area contributed by atoms with Gasteiger partial charge in [-0.05, 0) is 24.3 Å². The Morgan fingerprint density at radius 2 is 1.84 bits per heavy atom. The van der Waals surface area contributed by atoms with Crippen molar-refractivity contribution >= 4 is 33.6 Å². The average Bonchev–Trinajstić information content (AvgIpc) is 2.61. The van der Waals surface area contributed by atoms with Crippen LogP contribution in [-0.2, 0) is 15.4 Å². The van der Waals surface area contributed by atoms with Crippen LogP contribution in [0.15, 0.2) is 58.2 Å². The Kier molecular flexibility index (Phi) is 4.61. The predicted octanol–water partition coefficient (Wildman–Crippen LogP) is 1.40. The summed E-state index contributed by atoms with van der Waals surface area (Å²) in [4.78, 5) is 27.3. The Hall–Kier alpha value is -3.01. The zero-order chi connectivity index (χ0) is 18.0. The molecule has 25 heavy (non-hydrogen) atoms. The number of nitrogens with two attached hydrogens (primary N) is 1. The molecule has 1 heterocycles. The third-order valence-corrected chi connectivity index (χ3v) is 4.41. The molecule has 0 radical (unpaired) electrons. The molecule has 0 aliphatic carbocycles. The van der Waals surface area contributed by atoms with Crippen LogP contribution in [0.3, 0.4) is 0 Å². The number of carbonyl (C=O) groups is 1. The second-order valence-corrected chi connectivity index (χ2v) is 6.11. The second kappa shape index (κ2) is 6.85. The van der Waals surface area contributed by atoms with E-state index >= 15 is 0 Å².